The lowest BCUT2D eigenvalue weighted by Gasteiger charge is -2.57. The molecule has 32 heavy (non-hydrogen) atoms. The van der Waals surface area contributed by atoms with Gasteiger partial charge >= 0.3 is 0 Å². The fraction of sp³-hybridized carbons (Fsp3) is 0.667. The lowest BCUT2D eigenvalue weighted by Crippen LogP contribution is -2.48. The van der Waals surface area contributed by atoms with Gasteiger partial charge in [-0.3, -0.25) is 0 Å². The summed E-state index contributed by atoms with van der Waals surface area (Å²) in [5.41, 5.74) is 2.74. The second kappa shape index (κ2) is 6.05. The molecule has 0 amide bonds. The van der Waals surface area contributed by atoms with Gasteiger partial charge in [0.15, 0.2) is 0 Å². The van der Waals surface area contributed by atoms with Gasteiger partial charge in [-0.05, 0) is 135 Å². The van der Waals surface area contributed by atoms with E-state index in [4.69, 9.17) is 0 Å². The van der Waals surface area contributed by atoms with Crippen molar-refractivity contribution in [3.8, 4) is 11.5 Å². The molecule has 2 heteroatoms. The van der Waals surface area contributed by atoms with Gasteiger partial charge in [-0.1, -0.05) is 12.1 Å². The van der Waals surface area contributed by atoms with Crippen LogP contribution in [0.1, 0.15) is 88.2 Å². The number of fused-ring (bicyclic) bond motifs is 1. The van der Waals surface area contributed by atoms with Crippen LogP contribution in [0, 0.1) is 35.5 Å². The first-order valence-corrected chi connectivity index (χ1v) is 13.5. The monoisotopic (exact) mass is 428 g/mol. The molecule has 0 atom stereocenters. The molecule has 0 aromatic heterocycles. The normalized spacial score (nSPS) is 45.8. The summed E-state index contributed by atoms with van der Waals surface area (Å²) in [5, 5.41) is 25.0. The number of benzene rings is 2. The standard InChI is InChI=1S/C30H36O2/c31-26-4-2-24-23(27(26)30-14-20-8-21(15-30)10-22(9-20)16-30)1-3-25(28(24)32)29-11-17-5-18(12-29)7-19(6-17)13-29/h1-4,17-22,31-32H,5-16H2. The maximum absolute atomic E-state index is 11.7. The summed E-state index contributed by atoms with van der Waals surface area (Å²) in [6.07, 6.45) is 16.1. The van der Waals surface area contributed by atoms with E-state index in [-0.39, 0.29) is 10.8 Å². The smallest absolute Gasteiger partial charge is 0.127 e. The van der Waals surface area contributed by atoms with Crippen molar-refractivity contribution < 1.29 is 10.2 Å². The van der Waals surface area contributed by atoms with E-state index in [1.54, 1.807) is 0 Å². The minimum atomic E-state index is 0.132. The maximum atomic E-state index is 11.7. The first-order chi connectivity index (χ1) is 15.5. The minimum Gasteiger partial charge on any atom is -0.508 e. The van der Waals surface area contributed by atoms with Gasteiger partial charge < -0.3 is 10.2 Å². The third kappa shape index (κ3) is 2.37. The molecule has 2 aromatic carbocycles. The van der Waals surface area contributed by atoms with Gasteiger partial charge in [-0.25, -0.2) is 0 Å². The molecule has 0 radical (unpaired) electrons. The van der Waals surface area contributed by atoms with E-state index in [1.807, 2.05) is 12.1 Å². The van der Waals surface area contributed by atoms with Crippen LogP contribution in [0.15, 0.2) is 24.3 Å². The quantitative estimate of drug-likeness (QED) is 0.531. The summed E-state index contributed by atoms with van der Waals surface area (Å²) in [6, 6.07) is 8.50. The Kier molecular flexibility index (Phi) is 3.53. The molecule has 168 valence electrons. The van der Waals surface area contributed by atoms with Crippen LogP contribution in [0.2, 0.25) is 0 Å². The summed E-state index contributed by atoms with van der Waals surface area (Å²) in [6.45, 7) is 0. The molecule has 2 aromatic rings. The summed E-state index contributed by atoms with van der Waals surface area (Å²) in [7, 11) is 0. The molecule has 8 saturated carbocycles. The summed E-state index contributed by atoms with van der Waals surface area (Å²) in [4.78, 5) is 0. The molecule has 2 nitrogen and oxygen atoms in total. The molecule has 0 unspecified atom stereocenters. The number of hydrogen-bond donors (Lipinski definition) is 2. The molecule has 8 bridgehead atoms. The Morgan fingerprint density at radius 3 is 1.47 bits per heavy atom. The number of phenols is 2. The molecule has 10 rings (SSSR count). The average Bonchev–Trinajstić information content (AvgIpc) is 2.71. The van der Waals surface area contributed by atoms with Crippen LogP contribution < -0.4 is 0 Å². The first kappa shape index (κ1) is 18.7. The minimum absolute atomic E-state index is 0.132. The predicted octanol–water partition coefficient (Wildman–Crippen LogP) is 7.19. The molecule has 8 aliphatic carbocycles. The van der Waals surface area contributed by atoms with Crippen molar-refractivity contribution in [2.24, 2.45) is 35.5 Å². The van der Waals surface area contributed by atoms with Crippen LogP contribution in [-0.2, 0) is 10.8 Å². The Labute approximate surface area is 191 Å². The van der Waals surface area contributed by atoms with Gasteiger partial charge in [0.1, 0.15) is 11.5 Å². The third-order valence-electron chi connectivity index (χ3n) is 11.3. The number of aromatic hydroxyl groups is 2. The Morgan fingerprint density at radius 2 is 0.969 bits per heavy atom. The lowest BCUT2D eigenvalue weighted by molar-refractivity contribution is -0.00609. The van der Waals surface area contributed by atoms with Crippen LogP contribution in [0.3, 0.4) is 0 Å². The molecule has 8 fully saturated rings. The Bertz CT molecular complexity index is 1060. The predicted molar refractivity (Wildman–Crippen MR) is 127 cm³/mol. The molecular weight excluding hydrogens is 392 g/mol. The van der Waals surface area contributed by atoms with Crippen molar-refractivity contribution in [2.75, 3.05) is 0 Å². The highest BCUT2D eigenvalue weighted by molar-refractivity contribution is 5.94. The zero-order chi connectivity index (χ0) is 21.2. The van der Waals surface area contributed by atoms with E-state index in [0.717, 1.165) is 46.3 Å². The van der Waals surface area contributed by atoms with Gasteiger partial charge in [-0.2, -0.15) is 0 Å². The van der Waals surface area contributed by atoms with Gasteiger partial charge in [-0.15, -0.1) is 0 Å². The van der Waals surface area contributed by atoms with Crippen molar-refractivity contribution in [2.45, 2.75) is 87.9 Å². The molecule has 8 aliphatic rings. The van der Waals surface area contributed by atoms with Crippen molar-refractivity contribution in [1.29, 1.82) is 0 Å². The van der Waals surface area contributed by atoms with E-state index in [2.05, 4.69) is 12.1 Å². The fourth-order valence-electron chi connectivity index (χ4n) is 11.2. The third-order valence-corrected chi connectivity index (χ3v) is 11.3. The highest BCUT2D eigenvalue weighted by Crippen LogP contribution is 2.65. The van der Waals surface area contributed by atoms with E-state index in [9.17, 15) is 10.2 Å². The Balaban J connectivity index is 1.29. The topological polar surface area (TPSA) is 40.5 Å². The van der Waals surface area contributed by atoms with Gasteiger partial charge in [0, 0.05) is 21.9 Å². The second-order valence-corrected chi connectivity index (χ2v) is 13.4. The van der Waals surface area contributed by atoms with Crippen LogP contribution >= 0.6 is 0 Å². The van der Waals surface area contributed by atoms with E-state index < -0.39 is 0 Å². The maximum Gasteiger partial charge on any atom is 0.127 e. The zero-order valence-corrected chi connectivity index (χ0v) is 19.2. The Morgan fingerprint density at radius 1 is 0.531 bits per heavy atom. The second-order valence-electron chi connectivity index (χ2n) is 13.4. The largest absolute Gasteiger partial charge is 0.508 e. The van der Waals surface area contributed by atoms with Crippen LogP contribution in [0.4, 0.5) is 0 Å². The molecule has 0 saturated heterocycles. The number of phenolic OH excluding ortho intramolecular Hbond substituents is 2. The Hall–Kier alpha value is -1.70. The zero-order valence-electron chi connectivity index (χ0n) is 19.2. The van der Waals surface area contributed by atoms with Crippen molar-refractivity contribution in [1.82, 2.24) is 0 Å². The van der Waals surface area contributed by atoms with E-state index in [0.29, 0.717) is 11.5 Å². The van der Waals surface area contributed by atoms with Crippen molar-refractivity contribution in [3.05, 3.63) is 35.4 Å². The highest BCUT2D eigenvalue weighted by atomic mass is 16.3. The first-order valence-electron chi connectivity index (χ1n) is 13.5. The highest BCUT2D eigenvalue weighted by Gasteiger charge is 2.54. The van der Waals surface area contributed by atoms with Crippen molar-refractivity contribution in [3.63, 3.8) is 0 Å². The molecule has 2 N–H and O–H groups in total. The van der Waals surface area contributed by atoms with Gasteiger partial charge in [0.2, 0.25) is 0 Å². The summed E-state index contributed by atoms with van der Waals surface area (Å²) < 4.78 is 0. The number of rotatable bonds is 2. The van der Waals surface area contributed by atoms with Crippen LogP contribution in [-0.4, -0.2) is 10.2 Å². The SMILES string of the molecule is Oc1ccc2c(O)c(C34CC5CC(CC(C5)C3)C4)ccc2c1C12CC3CC(CC(C3)C1)C2. The number of hydrogen-bond acceptors (Lipinski definition) is 2. The lowest BCUT2D eigenvalue weighted by atomic mass is 9.47. The van der Waals surface area contributed by atoms with Gasteiger partial charge in [0.25, 0.3) is 0 Å². The van der Waals surface area contributed by atoms with Crippen LogP contribution in [0.5, 0.6) is 11.5 Å². The average molecular weight is 429 g/mol. The molecule has 0 spiro atoms. The van der Waals surface area contributed by atoms with Crippen molar-refractivity contribution >= 4 is 10.8 Å². The van der Waals surface area contributed by atoms with Crippen LogP contribution in [0.25, 0.3) is 10.8 Å². The van der Waals surface area contributed by atoms with E-state index >= 15 is 0 Å². The summed E-state index contributed by atoms with van der Waals surface area (Å²) in [5.74, 6) is 6.16. The summed E-state index contributed by atoms with van der Waals surface area (Å²) >= 11 is 0. The van der Waals surface area contributed by atoms with Gasteiger partial charge in [0.05, 0.1) is 0 Å². The fourth-order valence-corrected chi connectivity index (χ4v) is 11.2. The molecule has 0 aliphatic heterocycles. The van der Waals surface area contributed by atoms with E-state index in [1.165, 1.54) is 88.2 Å². The molecular formula is C30H36O2. The molecule has 0 heterocycles.